The van der Waals surface area contributed by atoms with Crippen molar-refractivity contribution in [2.75, 3.05) is 0 Å². The first-order valence-electron chi connectivity index (χ1n) is 6.77. The third-order valence-electron chi connectivity index (χ3n) is 3.33. The van der Waals surface area contributed by atoms with Crippen LogP contribution in [0.15, 0.2) is 51.9 Å². The molecule has 0 amide bonds. The molecule has 5 nitrogen and oxygen atoms in total. The van der Waals surface area contributed by atoms with Gasteiger partial charge in [0, 0.05) is 6.21 Å². The van der Waals surface area contributed by atoms with Crippen LogP contribution < -0.4 is 5.56 Å². The Balaban J connectivity index is 2.07. The summed E-state index contributed by atoms with van der Waals surface area (Å²) in [5.74, 6) is -0.606. The highest BCUT2D eigenvalue weighted by molar-refractivity contribution is 7.71. The van der Waals surface area contributed by atoms with Crippen molar-refractivity contribution in [3.05, 3.63) is 74.2 Å². The van der Waals surface area contributed by atoms with Crippen LogP contribution in [0.5, 0.6) is 5.88 Å². The largest absolute Gasteiger partial charge is 0.494 e. The molecular formula is C16H12FN3O2S. The molecule has 116 valence electrons. The summed E-state index contributed by atoms with van der Waals surface area (Å²) in [5.41, 5.74) is 0.865. The van der Waals surface area contributed by atoms with E-state index < -0.39 is 5.56 Å². The molecule has 0 saturated heterocycles. The van der Waals surface area contributed by atoms with Crippen molar-refractivity contribution in [1.82, 2.24) is 9.55 Å². The van der Waals surface area contributed by atoms with Crippen LogP contribution >= 0.6 is 12.2 Å². The van der Waals surface area contributed by atoms with Gasteiger partial charge in [-0.1, -0.05) is 12.1 Å². The number of nitrogens with zero attached hydrogens (tertiary/aromatic N) is 2. The Morgan fingerprint density at radius 2 is 2.09 bits per heavy atom. The van der Waals surface area contributed by atoms with E-state index in [0.717, 1.165) is 5.56 Å². The highest BCUT2D eigenvalue weighted by Crippen LogP contribution is 2.19. The van der Waals surface area contributed by atoms with Crippen LogP contribution in [0.2, 0.25) is 0 Å². The molecule has 0 unspecified atom stereocenters. The lowest BCUT2D eigenvalue weighted by molar-refractivity contribution is 0.411. The number of benzene rings is 1. The number of aromatic hydroxyl groups is 1. The van der Waals surface area contributed by atoms with Crippen LogP contribution in [0.3, 0.4) is 0 Å². The molecule has 0 aliphatic carbocycles. The van der Waals surface area contributed by atoms with Crippen LogP contribution in [-0.2, 0) is 6.54 Å². The van der Waals surface area contributed by atoms with Crippen LogP contribution in [0.25, 0.3) is 6.08 Å². The van der Waals surface area contributed by atoms with E-state index in [1.165, 1.54) is 22.8 Å². The Kier molecular flexibility index (Phi) is 4.03. The van der Waals surface area contributed by atoms with Crippen molar-refractivity contribution in [3.63, 3.8) is 0 Å². The van der Waals surface area contributed by atoms with E-state index in [-0.39, 0.29) is 28.6 Å². The van der Waals surface area contributed by atoms with Crippen LogP contribution in [0, 0.1) is 10.6 Å². The van der Waals surface area contributed by atoms with Crippen LogP contribution in [0.4, 0.5) is 4.39 Å². The van der Waals surface area contributed by atoms with Gasteiger partial charge in [-0.25, -0.2) is 4.39 Å². The maximum Gasteiger partial charge on any atom is 0.262 e. The molecule has 0 saturated carbocycles. The van der Waals surface area contributed by atoms with Crippen molar-refractivity contribution in [2.24, 2.45) is 4.99 Å². The smallest absolute Gasteiger partial charge is 0.262 e. The molecule has 1 aromatic carbocycles. The number of aliphatic imine (C=N–C) groups is 1. The summed E-state index contributed by atoms with van der Waals surface area (Å²) in [5, 5.41) is 10.4. The van der Waals surface area contributed by atoms with Gasteiger partial charge in [-0.3, -0.25) is 19.3 Å². The summed E-state index contributed by atoms with van der Waals surface area (Å²) < 4.78 is 14.4. The molecule has 1 aliphatic rings. The zero-order valence-corrected chi connectivity index (χ0v) is 12.7. The summed E-state index contributed by atoms with van der Waals surface area (Å²) >= 11 is 5.10. The lowest BCUT2D eigenvalue weighted by atomic mass is 10.2. The van der Waals surface area contributed by atoms with Crippen LogP contribution in [0.1, 0.15) is 11.1 Å². The van der Waals surface area contributed by atoms with Gasteiger partial charge in [0.05, 0.1) is 12.2 Å². The van der Waals surface area contributed by atoms with E-state index in [2.05, 4.69) is 9.98 Å². The summed E-state index contributed by atoms with van der Waals surface area (Å²) in [4.78, 5) is 18.6. The number of rotatable bonds is 3. The van der Waals surface area contributed by atoms with Crippen LogP contribution in [-0.4, -0.2) is 20.9 Å². The molecule has 0 atom stereocenters. The molecule has 0 fully saturated rings. The van der Waals surface area contributed by atoms with Crippen molar-refractivity contribution in [2.45, 2.75) is 6.54 Å². The van der Waals surface area contributed by atoms with E-state index in [1.54, 1.807) is 30.5 Å². The number of hydrogen-bond donors (Lipinski definition) is 2. The van der Waals surface area contributed by atoms with Gasteiger partial charge in [0.2, 0.25) is 5.88 Å². The molecule has 2 heterocycles. The fourth-order valence-corrected chi connectivity index (χ4v) is 2.41. The second-order valence-electron chi connectivity index (χ2n) is 4.92. The lowest BCUT2D eigenvalue weighted by Crippen LogP contribution is -2.17. The molecule has 2 N–H and O–H groups in total. The molecular weight excluding hydrogens is 317 g/mol. The van der Waals surface area contributed by atoms with E-state index in [1.807, 2.05) is 0 Å². The van der Waals surface area contributed by atoms with E-state index >= 15 is 0 Å². The van der Waals surface area contributed by atoms with Crippen molar-refractivity contribution in [3.8, 4) is 5.88 Å². The average Bonchev–Trinajstić information content (AvgIpc) is 3.03. The van der Waals surface area contributed by atoms with Gasteiger partial charge in [-0.2, -0.15) is 0 Å². The first kappa shape index (κ1) is 15.1. The zero-order valence-electron chi connectivity index (χ0n) is 11.9. The highest BCUT2D eigenvalue weighted by Gasteiger charge is 2.12. The Hall–Kier alpha value is -2.80. The molecule has 1 aromatic heterocycles. The molecule has 1 aliphatic heterocycles. The second-order valence-corrected chi connectivity index (χ2v) is 5.30. The van der Waals surface area contributed by atoms with E-state index in [4.69, 9.17) is 12.2 Å². The van der Waals surface area contributed by atoms with Crippen molar-refractivity contribution >= 4 is 24.5 Å². The predicted octanol–water partition coefficient (Wildman–Crippen LogP) is 2.78. The molecule has 23 heavy (non-hydrogen) atoms. The predicted molar refractivity (Wildman–Crippen MR) is 88.7 cm³/mol. The summed E-state index contributed by atoms with van der Waals surface area (Å²) in [6.07, 6.45) is 6.51. The first-order chi connectivity index (χ1) is 11.0. The molecule has 7 heteroatoms. The maximum absolute atomic E-state index is 13.0. The molecule has 2 aromatic rings. The Morgan fingerprint density at radius 1 is 1.35 bits per heavy atom. The number of H-pyrrole nitrogens is 1. The molecule has 0 radical (unpaired) electrons. The number of halogens is 1. The number of nitrogens with one attached hydrogen (secondary N) is 1. The number of hydrogen-bond acceptors (Lipinski definition) is 4. The minimum Gasteiger partial charge on any atom is -0.494 e. The van der Waals surface area contributed by atoms with Gasteiger partial charge < -0.3 is 5.11 Å². The first-order valence-corrected chi connectivity index (χ1v) is 7.18. The zero-order chi connectivity index (χ0) is 16.4. The van der Waals surface area contributed by atoms with E-state index in [0.29, 0.717) is 5.70 Å². The number of allylic oxidation sites excluding steroid dienone is 2. The average molecular weight is 329 g/mol. The Morgan fingerprint density at radius 3 is 2.74 bits per heavy atom. The van der Waals surface area contributed by atoms with Gasteiger partial charge in [-0.05, 0) is 48.1 Å². The fourth-order valence-electron chi connectivity index (χ4n) is 2.17. The minimum atomic E-state index is -0.495. The Labute approximate surface area is 135 Å². The van der Waals surface area contributed by atoms with E-state index in [9.17, 15) is 14.3 Å². The van der Waals surface area contributed by atoms with Crippen molar-refractivity contribution in [1.29, 1.82) is 0 Å². The quantitative estimate of drug-likeness (QED) is 0.851. The summed E-state index contributed by atoms with van der Waals surface area (Å²) in [7, 11) is 0. The standard InChI is InChI=1S/C16H12FN3O2S/c17-11-5-3-10(4-6-11)9-20-15(22)13(14(21)19-16(20)23)8-12-2-1-7-18-12/h1-8,22H,9H2,(H,19,21,23)/b12-8+. The third-order valence-corrected chi connectivity index (χ3v) is 3.65. The Bertz CT molecular complexity index is 939. The summed E-state index contributed by atoms with van der Waals surface area (Å²) in [6, 6.07) is 5.82. The third kappa shape index (κ3) is 3.19. The molecule has 0 spiro atoms. The topological polar surface area (TPSA) is 70.4 Å². The van der Waals surface area contributed by atoms with Crippen molar-refractivity contribution < 1.29 is 9.50 Å². The highest BCUT2D eigenvalue weighted by atomic mass is 32.1. The molecule has 3 rings (SSSR count). The number of aromatic amines is 1. The monoisotopic (exact) mass is 329 g/mol. The fraction of sp³-hybridized carbons (Fsp3) is 0.0625. The number of aromatic nitrogens is 2. The van der Waals surface area contributed by atoms with Gasteiger partial charge in [-0.15, -0.1) is 0 Å². The molecule has 0 bridgehead atoms. The normalized spacial score (nSPS) is 14.7. The van der Waals surface area contributed by atoms with Gasteiger partial charge in [0.25, 0.3) is 5.56 Å². The summed E-state index contributed by atoms with van der Waals surface area (Å²) in [6.45, 7) is 0.205. The van der Waals surface area contributed by atoms with Gasteiger partial charge >= 0.3 is 0 Å². The second kappa shape index (κ2) is 6.13. The van der Waals surface area contributed by atoms with Gasteiger partial charge in [0.1, 0.15) is 11.4 Å². The van der Waals surface area contributed by atoms with Gasteiger partial charge in [0.15, 0.2) is 4.77 Å². The lowest BCUT2D eigenvalue weighted by Gasteiger charge is -2.11. The minimum absolute atomic E-state index is 0.0689. The maximum atomic E-state index is 13.0. The SMILES string of the molecule is O=c1[nH]c(=S)n(Cc2ccc(F)cc2)c(O)c1/C=C1\C=CC=N1.